The fourth-order valence-electron chi connectivity index (χ4n) is 3.63. The SMILES string of the molecule is CSc1ccccc1NC(=O)C1CCCC(C(=O)Nc2ccccc2SC)C1. The van der Waals surface area contributed by atoms with Gasteiger partial charge >= 0.3 is 0 Å². The summed E-state index contributed by atoms with van der Waals surface area (Å²) < 4.78 is 0. The van der Waals surface area contributed by atoms with Crippen molar-refractivity contribution < 1.29 is 9.59 Å². The Labute approximate surface area is 175 Å². The van der Waals surface area contributed by atoms with Crippen LogP contribution in [0, 0.1) is 11.8 Å². The first kappa shape index (κ1) is 20.8. The van der Waals surface area contributed by atoms with E-state index in [0.29, 0.717) is 6.42 Å². The number of anilines is 2. The molecule has 0 spiro atoms. The van der Waals surface area contributed by atoms with Gasteiger partial charge in [0.25, 0.3) is 0 Å². The van der Waals surface area contributed by atoms with Gasteiger partial charge in [-0.1, -0.05) is 30.7 Å². The minimum Gasteiger partial charge on any atom is -0.325 e. The highest BCUT2D eigenvalue weighted by Gasteiger charge is 2.31. The predicted octanol–water partition coefficient (Wildman–Crippen LogP) is 5.51. The molecule has 1 fully saturated rings. The van der Waals surface area contributed by atoms with Crippen LogP contribution in [0.1, 0.15) is 25.7 Å². The van der Waals surface area contributed by atoms with Crippen LogP contribution in [0.4, 0.5) is 11.4 Å². The molecule has 28 heavy (non-hydrogen) atoms. The average Bonchev–Trinajstić information content (AvgIpc) is 2.74. The van der Waals surface area contributed by atoms with Gasteiger partial charge in [0.05, 0.1) is 11.4 Å². The lowest BCUT2D eigenvalue weighted by Gasteiger charge is -2.28. The van der Waals surface area contributed by atoms with Gasteiger partial charge in [-0.25, -0.2) is 0 Å². The average molecular weight is 415 g/mol. The molecule has 2 N–H and O–H groups in total. The molecule has 0 aliphatic heterocycles. The fraction of sp³-hybridized carbons (Fsp3) is 0.364. The zero-order chi connectivity index (χ0) is 19.9. The number of benzene rings is 2. The third-order valence-electron chi connectivity index (χ3n) is 5.15. The van der Waals surface area contributed by atoms with Gasteiger partial charge in [0.15, 0.2) is 0 Å². The van der Waals surface area contributed by atoms with Crippen molar-refractivity contribution in [1.29, 1.82) is 0 Å². The van der Waals surface area contributed by atoms with Crippen molar-refractivity contribution in [2.45, 2.75) is 35.5 Å². The lowest BCUT2D eigenvalue weighted by Crippen LogP contribution is -2.33. The van der Waals surface area contributed by atoms with Crippen LogP contribution in [0.5, 0.6) is 0 Å². The second-order valence-corrected chi connectivity index (χ2v) is 8.64. The molecule has 3 rings (SSSR count). The van der Waals surface area contributed by atoms with Crippen LogP contribution in [0.15, 0.2) is 58.3 Å². The smallest absolute Gasteiger partial charge is 0.227 e. The molecule has 0 aromatic heterocycles. The molecular formula is C22H26N2O2S2. The molecule has 1 aliphatic carbocycles. The summed E-state index contributed by atoms with van der Waals surface area (Å²) in [6.07, 6.45) is 7.15. The lowest BCUT2D eigenvalue weighted by atomic mass is 9.80. The quantitative estimate of drug-likeness (QED) is 0.612. The van der Waals surface area contributed by atoms with E-state index < -0.39 is 0 Å². The number of rotatable bonds is 6. The summed E-state index contributed by atoms with van der Waals surface area (Å²) >= 11 is 3.23. The van der Waals surface area contributed by atoms with Crippen molar-refractivity contribution in [3.05, 3.63) is 48.5 Å². The van der Waals surface area contributed by atoms with E-state index in [9.17, 15) is 9.59 Å². The first-order valence-electron chi connectivity index (χ1n) is 9.50. The van der Waals surface area contributed by atoms with Crippen LogP contribution >= 0.6 is 23.5 Å². The second kappa shape index (κ2) is 10.0. The van der Waals surface area contributed by atoms with Crippen molar-refractivity contribution in [3.8, 4) is 0 Å². The van der Waals surface area contributed by atoms with E-state index in [2.05, 4.69) is 10.6 Å². The third kappa shape index (κ3) is 5.11. The van der Waals surface area contributed by atoms with Crippen LogP contribution in [-0.2, 0) is 9.59 Å². The number of nitrogens with one attached hydrogen (secondary N) is 2. The van der Waals surface area contributed by atoms with Gasteiger partial charge in [-0.2, -0.15) is 0 Å². The van der Waals surface area contributed by atoms with E-state index in [-0.39, 0.29) is 23.7 Å². The van der Waals surface area contributed by atoms with Gasteiger partial charge in [0, 0.05) is 21.6 Å². The number of carbonyl (C=O) groups excluding carboxylic acids is 2. The normalized spacial score (nSPS) is 19.1. The summed E-state index contributed by atoms with van der Waals surface area (Å²) in [7, 11) is 0. The van der Waals surface area contributed by atoms with E-state index in [1.54, 1.807) is 23.5 Å². The van der Waals surface area contributed by atoms with E-state index in [1.807, 2.05) is 61.0 Å². The van der Waals surface area contributed by atoms with Crippen LogP contribution in [0.3, 0.4) is 0 Å². The van der Waals surface area contributed by atoms with Gasteiger partial charge in [0.1, 0.15) is 0 Å². The van der Waals surface area contributed by atoms with Gasteiger partial charge < -0.3 is 10.6 Å². The predicted molar refractivity (Wildman–Crippen MR) is 119 cm³/mol. The molecular weight excluding hydrogens is 388 g/mol. The Bertz CT molecular complexity index is 773. The highest BCUT2D eigenvalue weighted by molar-refractivity contribution is 7.99. The molecule has 6 heteroatoms. The molecule has 2 atom stereocenters. The molecule has 1 saturated carbocycles. The summed E-state index contributed by atoms with van der Waals surface area (Å²) in [5, 5.41) is 6.13. The van der Waals surface area contributed by atoms with E-state index in [4.69, 9.17) is 0 Å². The van der Waals surface area contributed by atoms with Crippen LogP contribution in [0.25, 0.3) is 0 Å². The van der Waals surface area contributed by atoms with Crippen LogP contribution in [-0.4, -0.2) is 24.3 Å². The molecule has 4 nitrogen and oxygen atoms in total. The minimum atomic E-state index is -0.129. The maximum atomic E-state index is 12.8. The maximum absolute atomic E-state index is 12.8. The Balaban J connectivity index is 1.63. The number of para-hydroxylation sites is 2. The molecule has 2 aromatic carbocycles. The minimum absolute atomic E-state index is 0.0171. The van der Waals surface area contributed by atoms with E-state index in [0.717, 1.165) is 40.4 Å². The van der Waals surface area contributed by atoms with E-state index >= 15 is 0 Å². The zero-order valence-electron chi connectivity index (χ0n) is 16.2. The Morgan fingerprint density at radius 1 is 0.786 bits per heavy atom. The molecule has 148 valence electrons. The Kier molecular flexibility index (Phi) is 7.45. The summed E-state index contributed by atoms with van der Waals surface area (Å²) in [6.45, 7) is 0. The summed E-state index contributed by atoms with van der Waals surface area (Å²) in [6, 6.07) is 15.6. The summed E-state index contributed by atoms with van der Waals surface area (Å²) in [4.78, 5) is 27.7. The number of carbonyl (C=O) groups is 2. The molecule has 0 radical (unpaired) electrons. The molecule has 2 aromatic rings. The molecule has 0 heterocycles. The standard InChI is InChI=1S/C22H26N2O2S2/c1-27-19-12-5-3-10-17(19)23-21(25)15-8-7-9-16(14-15)22(26)24-18-11-4-6-13-20(18)28-2/h3-6,10-13,15-16H,7-9,14H2,1-2H3,(H,23,25)(H,24,26). The summed E-state index contributed by atoms with van der Waals surface area (Å²) in [5.41, 5.74) is 1.70. The van der Waals surface area contributed by atoms with Gasteiger partial charge in [-0.3, -0.25) is 9.59 Å². The fourth-order valence-corrected chi connectivity index (χ4v) is 4.74. The van der Waals surface area contributed by atoms with E-state index in [1.165, 1.54) is 0 Å². The molecule has 0 saturated heterocycles. The number of hydrogen-bond donors (Lipinski definition) is 2. The number of hydrogen-bond acceptors (Lipinski definition) is 4. The molecule has 1 aliphatic rings. The number of thioether (sulfide) groups is 2. The Morgan fingerprint density at radius 3 is 1.64 bits per heavy atom. The van der Waals surface area contributed by atoms with Gasteiger partial charge in [-0.05, 0) is 56.0 Å². The molecule has 2 unspecified atom stereocenters. The lowest BCUT2D eigenvalue weighted by molar-refractivity contribution is -0.124. The highest BCUT2D eigenvalue weighted by Crippen LogP contribution is 2.33. The topological polar surface area (TPSA) is 58.2 Å². The van der Waals surface area contributed by atoms with Gasteiger partial charge in [0.2, 0.25) is 11.8 Å². The largest absolute Gasteiger partial charge is 0.325 e. The monoisotopic (exact) mass is 414 g/mol. The van der Waals surface area contributed by atoms with Crippen molar-refractivity contribution >= 4 is 46.7 Å². The maximum Gasteiger partial charge on any atom is 0.227 e. The van der Waals surface area contributed by atoms with Crippen molar-refractivity contribution in [1.82, 2.24) is 0 Å². The Hall–Kier alpha value is -1.92. The van der Waals surface area contributed by atoms with Crippen LogP contribution in [0.2, 0.25) is 0 Å². The Morgan fingerprint density at radius 2 is 1.21 bits per heavy atom. The molecule has 0 bridgehead atoms. The van der Waals surface area contributed by atoms with Crippen molar-refractivity contribution in [3.63, 3.8) is 0 Å². The summed E-state index contributed by atoms with van der Waals surface area (Å²) in [5.74, 6) is -0.225. The molecule has 2 amide bonds. The van der Waals surface area contributed by atoms with Crippen LogP contribution < -0.4 is 10.6 Å². The third-order valence-corrected chi connectivity index (χ3v) is 6.74. The highest BCUT2D eigenvalue weighted by atomic mass is 32.2. The zero-order valence-corrected chi connectivity index (χ0v) is 17.9. The first-order chi connectivity index (χ1) is 13.6. The number of amides is 2. The van der Waals surface area contributed by atoms with Crippen molar-refractivity contribution in [2.75, 3.05) is 23.1 Å². The first-order valence-corrected chi connectivity index (χ1v) is 11.9. The van der Waals surface area contributed by atoms with Crippen molar-refractivity contribution in [2.24, 2.45) is 11.8 Å². The van der Waals surface area contributed by atoms with Gasteiger partial charge in [-0.15, -0.1) is 23.5 Å². The second-order valence-electron chi connectivity index (χ2n) is 6.94.